The standard InChI is InChI=1S/C16H19FN2O/c17-14-6-5-13(11-18-14)15(20)19-10-4-9-16(12-19)7-2-1-3-8-16/h1-2,5-6,11H,3-4,7-10,12H2. The molecule has 1 amide bonds. The van der Waals surface area contributed by atoms with Gasteiger partial charge in [-0.05, 0) is 49.7 Å². The molecule has 1 aromatic heterocycles. The molecule has 1 aliphatic heterocycles. The number of carbonyl (C=O) groups is 1. The van der Waals surface area contributed by atoms with Crippen molar-refractivity contribution in [2.24, 2.45) is 5.41 Å². The number of carbonyl (C=O) groups excluding carboxylic acids is 1. The van der Waals surface area contributed by atoms with Gasteiger partial charge in [-0.2, -0.15) is 4.39 Å². The lowest BCUT2D eigenvalue weighted by atomic mass is 9.71. The van der Waals surface area contributed by atoms with Crippen LogP contribution in [0.4, 0.5) is 4.39 Å². The quantitative estimate of drug-likeness (QED) is 0.582. The first-order chi connectivity index (χ1) is 9.69. The summed E-state index contributed by atoms with van der Waals surface area (Å²) in [6.45, 7) is 1.61. The minimum absolute atomic E-state index is 0.0221. The molecule has 1 saturated heterocycles. The molecule has 0 radical (unpaired) electrons. The zero-order valence-electron chi connectivity index (χ0n) is 11.5. The molecule has 2 aliphatic rings. The van der Waals surface area contributed by atoms with Crippen molar-refractivity contribution in [3.8, 4) is 0 Å². The van der Waals surface area contributed by atoms with Crippen molar-refractivity contribution < 1.29 is 9.18 Å². The second-order valence-corrected chi connectivity index (χ2v) is 5.91. The molecule has 0 aromatic carbocycles. The van der Waals surface area contributed by atoms with E-state index in [9.17, 15) is 9.18 Å². The first-order valence-electron chi connectivity index (χ1n) is 7.24. The normalized spacial score (nSPS) is 25.9. The number of allylic oxidation sites excluding steroid dienone is 2. The van der Waals surface area contributed by atoms with E-state index in [0.29, 0.717) is 5.56 Å². The first kappa shape index (κ1) is 13.3. The Labute approximate surface area is 118 Å². The van der Waals surface area contributed by atoms with Crippen LogP contribution in [0.15, 0.2) is 30.5 Å². The number of nitrogens with zero attached hydrogens (tertiary/aromatic N) is 2. The number of pyridine rings is 1. The topological polar surface area (TPSA) is 33.2 Å². The van der Waals surface area contributed by atoms with Crippen molar-refractivity contribution in [3.05, 3.63) is 42.0 Å². The van der Waals surface area contributed by atoms with Gasteiger partial charge in [-0.3, -0.25) is 4.79 Å². The Morgan fingerprint density at radius 2 is 2.20 bits per heavy atom. The van der Waals surface area contributed by atoms with Gasteiger partial charge < -0.3 is 4.90 Å². The number of aromatic nitrogens is 1. The summed E-state index contributed by atoms with van der Waals surface area (Å²) in [6.07, 6.45) is 11.4. The van der Waals surface area contributed by atoms with Crippen LogP contribution in [0.25, 0.3) is 0 Å². The Kier molecular flexibility index (Phi) is 3.55. The van der Waals surface area contributed by atoms with Gasteiger partial charge in [-0.1, -0.05) is 12.2 Å². The molecule has 4 heteroatoms. The molecule has 1 spiro atoms. The fourth-order valence-electron chi connectivity index (χ4n) is 3.38. The molecule has 0 N–H and O–H groups in total. The lowest BCUT2D eigenvalue weighted by Gasteiger charge is -2.43. The lowest BCUT2D eigenvalue weighted by Crippen LogP contribution is -2.46. The summed E-state index contributed by atoms with van der Waals surface area (Å²) in [7, 11) is 0. The molecular formula is C16H19FN2O. The van der Waals surface area contributed by atoms with Crippen LogP contribution >= 0.6 is 0 Å². The summed E-state index contributed by atoms with van der Waals surface area (Å²) >= 11 is 0. The van der Waals surface area contributed by atoms with Crippen molar-refractivity contribution in [3.63, 3.8) is 0 Å². The third kappa shape index (κ3) is 2.60. The van der Waals surface area contributed by atoms with Gasteiger partial charge in [0, 0.05) is 19.3 Å². The summed E-state index contributed by atoms with van der Waals surface area (Å²) in [5, 5.41) is 0. The zero-order chi connectivity index (χ0) is 14.0. The van der Waals surface area contributed by atoms with Gasteiger partial charge in [0.25, 0.3) is 5.91 Å². The van der Waals surface area contributed by atoms with Gasteiger partial charge in [0.05, 0.1) is 5.56 Å². The van der Waals surface area contributed by atoms with E-state index in [4.69, 9.17) is 0 Å². The van der Waals surface area contributed by atoms with E-state index in [2.05, 4.69) is 17.1 Å². The van der Waals surface area contributed by atoms with Crippen molar-refractivity contribution in [2.45, 2.75) is 32.1 Å². The van der Waals surface area contributed by atoms with Crippen LogP contribution in [-0.4, -0.2) is 28.9 Å². The van der Waals surface area contributed by atoms with E-state index < -0.39 is 5.95 Å². The molecule has 1 aromatic rings. The Morgan fingerprint density at radius 3 is 2.90 bits per heavy atom. The van der Waals surface area contributed by atoms with Gasteiger partial charge in [0.2, 0.25) is 5.95 Å². The summed E-state index contributed by atoms with van der Waals surface area (Å²) in [6, 6.07) is 2.77. The smallest absolute Gasteiger partial charge is 0.255 e. The van der Waals surface area contributed by atoms with Crippen LogP contribution < -0.4 is 0 Å². The van der Waals surface area contributed by atoms with Gasteiger partial charge >= 0.3 is 0 Å². The van der Waals surface area contributed by atoms with Crippen LogP contribution in [-0.2, 0) is 0 Å². The fraction of sp³-hybridized carbons (Fsp3) is 0.500. The number of hydrogen-bond acceptors (Lipinski definition) is 2. The average Bonchev–Trinajstić information content (AvgIpc) is 2.48. The Balaban J connectivity index is 1.75. The van der Waals surface area contributed by atoms with Gasteiger partial charge in [-0.15, -0.1) is 0 Å². The Morgan fingerprint density at radius 1 is 1.30 bits per heavy atom. The highest BCUT2D eigenvalue weighted by molar-refractivity contribution is 5.94. The SMILES string of the molecule is O=C(c1ccc(F)nc1)N1CCCC2(CC=CCC2)C1. The predicted molar refractivity (Wildman–Crippen MR) is 74.8 cm³/mol. The van der Waals surface area contributed by atoms with E-state index in [-0.39, 0.29) is 11.3 Å². The van der Waals surface area contributed by atoms with E-state index in [1.165, 1.54) is 24.8 Å². The number of halogens is 1. The van der Waals surface area contributed by atoms with Crippen LogP contribution in [0.1, 0.15) is 42.5 Å². The number of amides is 1. The van der Waals surface area contributed by atoms with Crippen molar-refractivity contribution in [1.29, 1.82) is 0 Å². The molecule has 3 nitrogen and oxygen atoms in total. The highest BCUT2D eigenvalue weighted by Gasteiger charge is 2.36. The molecule has 1 fully saturated rings. The minimum Gasteiger partial charge on any atom is -0.338 e. The number of hydrogen-bond donors (Lipinski definition) is 0. The second-order valence-electron chi connectivity index (χ2n) is 5.91. The lowest BCUT2D eigenvalue weighted by molar-refractivity contribution is 0.0484. The van der Waals surface area contributed by atoms with Crippen molar-refractivity contribution in [2.75, 3.05) is 13.1 Å². The highest BCUT2D eigenvalue weighted by atomic mass is 19.1. The molecule has 3 rings (SSSR count). The van der Waals surface area contributed by atoms with Crippen LogP contribution in [0.5, 0.6) is 0 Å². The number of piperidine rings is 1. The van der Waals surface area contributed by atoms with Gasteiger partial charge in [-0.25, -0.2) is 4.98 Å². The zero-order valence-corrected chi connectivity index (χ0v) is 11.5. The Bertz CT molecular complexity index is 526. The van der Waals surface area contributed by atoms with E-state index in [1.807, 2.05) is 4.90 Å². The third-order valence-corrected chi connectivity index (χ3v) is 4.48. The maximum Gasteiger partial charge on any atom is 0.255 e. The van der Waals surface area contributed by atoms with Crippen LogP contribution in [0, 0.1) is 11.4 Å². The minimum atomic E-state index is -0.547. The maximum absolute atomic E-state index is 12.8. The monoisotopic (exact) mass is 274 g/mol. The summed E-state index contributed by atoms with van der Waals surface area (Å²) in [4.78, 5) is 18.0. The molecule has 1 unspecified atom stereocenters. The van der Waals surface area contributed by atoms with Gasteiger partial charge in [0.1, 0.15) is 0 Å². The number of rotatable bonds is 1. The van der Waals surface area contributed by atoms with Crippen LogP contribution in [0.3, 0.4) is 0 Å². The highest BCUT2D eigenvalue weighted by Crippen LogP contribution is 2.40. The second kappa shape index (κ2) is 5.35. The van der Waals surface area contributed by atoms with Gasteiger partial charge in [0.15, 0.2) is 0 Å². The van der Waals surface area contributed by atoms with Crippen molar-refractivity contribution in [1.82, 2.24) is 9.88 Å². The van der Waals surface area contributed by atoms with Crippen molar-refractivity contribution >= 4 is 5.91 Å². The van der Waals surface area contributed by atoms with E-state index in [1.54, 1.807) is 0 Å². The average molecular weight is 274 g/mol. The first-order valence-corrected chi connectivity index (χ1v) is 7.24. The third-order valence-electron chi connectivity index (χ3n) is 4.48. The summed E-state index contributed by atoms with van der Waals surface area (Å²) in [5.41, 5.74) is 0.741. The summed E-state index contributed by atoms with van der Waals surface area (Å²) < 4.78 is 12.8. The molecule has 20 heavy (non-hydrogen) atoms. The molecule has 106 valence electrons. The fourth-order valence-corrected chi connectivity index (χ4v) is 3.38. The largest absolute Gasteiger partial charge is 0.338 e. The molecule has 1 atom stereocenters. The molecule has 0 bridgehead atoms. The molecule has 0 saturated carbocycles. The van der Waals surface area contributed by atoms with E-state index in [0.717, 1.165) is 38.8 Å². The number of likely N-dealkylation sites (tertiary alicyclic amines) is 1. The Hall–Kier alpha value is -1.71. The van der Waals surface area contributed by atoms with E-state index >= 15 is 0 Å². The molecule has 1 aliphatic carbocycles. The summed E-state index contributed by atoms with van der Waals surface area (Å²) in [5.74, 6) is -0.569. The van der Waals surface area contributed by atoms with Crippen LogP contribution in [0.2, 0.25) is 0 Å². The molecular weight excluding hydrogens is 255 g/mol. The predicted octanol–water partition coefficient (Wildman–Crippen LogP) is 3.18. The molecule has 2 heterocycles. The maximum atomic E-state index is 12.8.